The third-order valence-electron chi connectivity index (χ3n) is 4.26. The van der Waals surface area contributed by atoms with Crippen molar-refractivity contribution < 1.29 is 19.1 Å². The smallest absolute Gasteiger partial charge is 0.302 e. The molecule has 1 aliphatic rings. The molecule has 152 valence electrons. The highest BCUT2D eigenvalue weighted by Gasteiger charge is 2.19. The number of ether oxygens (including phenoxy) is 2. The van der Waals surface area contributed by atoms with Crippen molar-refractivity contribution in [3.05, 3.63) is 23.5 Å². The van der Waals surface area contributed by atoms with E-state index in [0.29, 0.717) is 23.2 Å². The van der Waals surface area contributed by atoms with Crippen LogP contribution in [0, 0.1) is 6.92 Å². The Bertz CT molecular complexity index is 811. The van der Waals surface area contributed by atoms with Gasteiger partial charge in [-0.1, -0.05) is 5.21 Å². The molecule has 2 aromatic rings. The van der Waals surface area contributed by atoms with Gasteiger partial charge in [-0.15, -0.1) is 5.10 Å². The molecule has 0 bridgehead atoms. The number of aldehydes is 1. The molecule has 0 saturated heterocycles. The molecular formula is C20H28N4O4. The van der Waals surface area contributed by atoms with Crippen molar-refractivity contribution in [2.75, 3.05) is 0 Å². The van der Waals surface area contributed by atoms with Crippen LogP contribution in [0.4, 0.5) is 0 Å². The van der Waals surface area contributed by atoms with Crippen molar-refractivity contribution in [1.29, 1.82) is 0 Å². The van der Waals surface area contributed by atoms with Crippen LogP contribution in [0.15, 0.2) is 12.1 Å². The van der Waals surface area contributed by atoms with Crippen LogP contribution in [0.2, 0.25) is 0 Å². The predicted octanol–water partition coefficient (Wildman–Crippen LogP) is 3.28. The van der Waals surface area contributed by atoms with Gasteiger partial charge in [0.05, 0.1) is 23.6 Å². The molecule has 0 N–H and O–H groups in total. The fourth-order valence-electron chi connectivity index (χ4n) is 3.00. The van der Waals surface area contributed by atoms with E-state index in [1.54, 1.807) is 7.05 Å². The summed E-state index contributed by atoms with van der Waals surface area (Å²) in [4.78, 5) is 25.7. The van der Waals surface area contributed by atoms with E-state index in [9.17, 15) is 9.59 Å². The van der Waals surface area contributed by atoms with Gasteiger partial charge in [-0.25, -0.2) is 9.67 Å². The fourth-order valence-corrected chi connectivity index (χ4v) is 3.00. The summed E-state index contributed by atoms with van der Waals surface area (Å²) in [5, 5.41) is 7.87. The largest absolute Gasteiger partial charge is 0.489 e. The minimum Gasteiger partial charge on any atom is -0.489 e. The summed E-state index contributed by atoms with van der Waals surface area (Å²) >= 11 is 0. The summed E-state index contributed by atoms with van der Waals surface area (Å²) in [5.74, 6) is 0.595. The van der Waals surface area contributed by atoms with Crippen LogP contribution in [0.3, 0.4) is 0 Å². The number of hydrogen-bond acceptors (Lipinski definition) is 7. The predicted molar refractivity (Wildman–Crippen MR) is 104 cm³/mol. The molecule has 2 aromatic heterocycles. The number of nitrogens with zero attached hydrogens (tertiary/aromatic N) is 4. The molecule has 1 saturated carbocycles. The van der Waals surface area contributed by atoms with E-state index in [0.717, 1.165) is 30.6 Å². The van der Waals surface area contributed by atoms with Gasteiger partial charge in [0.15, 0.2) is 6.29 Å². The summed E-state index contributed by atoms with van der Waals surface area (Å²) in [6, 6.07) is 3.73. The topological polar surface area (TPSA) is 96.2 Å². The Hall–Kier alpha value is -2.77. The van der Waals surface area contributed by atoms with Gasteiger partial charge in [0, 0.05) is 14.0 Å². The van der Waals surface area contributed by atoms with Crippen molar-refractivity contribution in [2.45, 2.75) is 65.6 Å². The van der Waals surface area contributed by atoms with Crippen molar-refractivity contribution in [3.63, 3.8) is 0 Å². The minimum atomic E-state index is -0.213. The normalized spacial score (nSPS) is 13.8. The highest BCUT2D eigenvalue weighted by molar-refractivity contribution is 5.82. The standard InChI is InChI=1S/C15H18N4O2.C5H10O2/c1-10-14(21-11-5-3-4-6-11)8-7-12(16-10)15-13(9-20)19(2)18-17-15;1-4(2)7-5(3)6/h7-9,11H,3-6H2,1-2H3;4H,1-3H3. The zero-order valence-corrected chi connectivity index (χ0v) is 17.1. The van der Waals surface area contributed by atoms with Gasteiger partial charge < -0.3 is 9.47 Å². The highest BCUT2D eigenvalue weighted by Crippen LogP contribution is 2.27. The van der Waals surface area contributed by atoms with Gasteiger partial charge in [-0.2, -0.15) is 0 Å². The minimum absolute atomic E-state index is 0.0255. The van der Waals surface area contributed by atoms with Gasteiger partial charge >= 0.3 is 5.97 Å². The van der Waals surface area contributed by atoms with E-state index in [1.807, 2.05) is 32.9 Å². The second-order valence-electron chi connectivity index (χ2n) is 7.03. The highest BCUT2D eigenvalue weighted by atomic mass is 16.5. The summed E-state index contributed by atoms with van der Waals surface area (Å²) in [5.41, 5.74) is 2.37. The second kappa shape index (κ2) is 9.96. The van der Waals surface area contributed by atoms with Crippen LogP contribution < -0.4 is 4.74 Å². The van der Waals surface area contributed by atoms with Crippen LogP contribution in [0.1, 0.15) is 62.6 Å². The van der Waals surface area contributed by atoms with Crippen LogP contribution in [-0.2, 0) is 16.6 Å². The first-order valence-corrected chi connectivity index (χ1v) is 9.48. The Balaban J connectivity index is 0.000000345. The van der Waals surface area contributed by atoms with Crippen LogP contribution in [0.5, 0.6) is 5.75 Å². The lowest BCUT2D eigenvalue weighted by Crippen LogP contribution is -2.12. The summed E-state index contributed by atoms with van der Waals surface area (Å²) in [7, 11) is 1.69. The van der Waals surface area contributed by atoms with Crippen LogP contribution in [0.25, 0.3) is 11.4 Å². The Morgan fingerprint density at radius 3 is 2.46 bits per heavy atom. The van der Waals surface area contributed by atoms with E-state index in [2.05, 4.69) is 20.0 Å². The van der Waals surface area contributed by atoms with Crippen LogP contribution in [-0.4, -0.2) is 44.4 Å². The molecule has 0 spiro atoms. The molecule has 8 nitrogen and oxygen atoms in total. The van der Waals surface area contributed by atoms with Gasteiger partial charge in [0.2, 0.25) is 0 Å². The molecule has 3 rings (SSSR count). The first kappa shape index (κ1) is 21.5. The first-order valence-electron chi connectivity index (χ1n) is 9.48. The number of aromatic nitrogens is 4. The van der Waals surface area contributed by atoms with Gasteiger partial charge in [0.1, 0.15) is 17.1 Å². The first-order chi connectivity index (χ1) is 13.3. The molecule has 0 unspecified atom stereocenters. The van der Waals surface area contributed by atoms with Gasteiger partial charge in [0.25, 0.3) is 0 Å². The Kier molecular flexibility index (Phi) is 7.66. The molecule has 28 heavy (non-hydrogen) atoms. The number of pyridine rings is 1. The van der Waals surface area contributed by atoms with Crippen molar-refractivity contribution in [3.8, 4) is 17.1 Å². The molecular weight excluding hydrogens is 360 g/mol. The number of hydrogen-bond donors (Lipinski definition) is 0. The number of esters is 1. The number of carbonyl (C=O) groups excluding carboxylic acids is 2. The lowest BCUT2D eigenvalue weighted by Gasteiger charge is -2.14. The number of carbonyl (C=O) groups is 2. The number of aryl methyl sites for hydroxylation is 2. The molecule has 0 atom stereocenters. The molecule has 8 heteroatoms. The molecule has 1 aliphatic carbocycles. The maximum absolute atomic E-state index is 11.1. The van der Waals surface area contributed by atoms with E-state index in [4.69, 9.17) is 4.74 Å². The van der Waals surface area contributed by atoms with Gasteiger partial charge in [-0.3, -0.25) is 9.59 Å². The molecule has 0 radical (unpaired) electrons. The molecule has 0 aromatic carbocycles. The average Bonchev–Trinajstić information content (AvgIpc) is 3.25. The Labute approximate surface area is 165 Å². The summed E-state index contributed by atoms with van der Waals surface area (Å²) < 4.78 is 12.0. The second-order valence-corrected chi connectivity index (χ2v) is 7.03. The summed E-state index contributed by atoms with van der Waals surface area (Å²) in [6.45, 7) is 6.95. The average molecular weight is 388 g/mol. The zero-order valence-electron chi connectivity index (χ0n) is 17.1. The number of rotatable bonds is 5. The SMILES string of the molecule is CC(=O)OC(C)C.Cc1nc(-c2nnn(C)c2C=O)ccc1OC1CCCC1. The van der Waals surface area contributed by atoms with Crippen molar-refractivity contribution >= 4 is 12.3 Å². The fraction of sp³-hybridized carbons (Fsp3) is 0.550. The third kappa shape index (κ3) is 5.87. The van der Waals surface area contributed by atoms with Crippen LogP contribution >= 0.6 is 0 Å². The van der Waals surface area contributed by atoms with Crippen molar-refractivity contribution in [2.24, 2.45) is 7.05 Å². The molecule has 0 amide bonds. The summed E-state index contributed by atoms with van der Waals surface area (Å²) in [6.07, 6.45) is 5.77. The van der Waals surface area contributed by atoms with E-state index in [1.165, 1.54) is 24.4 Å². The zero-order chi connectivity index (χ0) is 20.7. The Morgan fingerprint density at radius 1 is 1.29 bits per heavy atom. The lowest BCUT2D eigenvalue weighted by atomic mass is 10.2. The van der Waals surface area contributed by atoms with Gasteiger partial charge in [-0.05, 0) is 58.6 Å². The third-order valence-corrected chi connectivity index (χ3v) is 4.26. The molecule has 1 fully saturated rings. The quantitative estimate of drug-likeness (QED) is 0.573. The van der Waals surface area contributed by atoms with Crippen molar-refractivity contribution in [1.82, 2.24) is 20.0 Å². The Morgan fingerprint density at radius 2 is 1.96 bits per heavy atom. The maximum Gasteiger partial charge on any atom is 0.302 e. The van der Waals surface area contributed by atoms with E-state index < -0.39 is 0 Å². The van der Waals surface area contributed by atoms with E-state index in [-0.39, 0.29) is 12.1 Å². The molecule has 2 heterocycles. The molecule has 0 aliphatic heterocycles. The maximum atomic E-state index is 11.1. The lowest BCUT2D eigenvalue weighted by molar-refractivity contribution is -0.144. The monoisotopic (exact) mass is 388 g/mol. The van der Waals surface area contributed by atoms with E-state index >= 15 is 0 Å².